The van der Waals surface area contributed by atoms with Crippen molar-refractivity contribution in [2.45, 2.75) is 46.8 Å². The Bertz CT molecular complexity index is 1280. The number of aliphatic hydroxyl groups is 2. The van der Waals surface area contributed by atoms with E-state index in [0.717, 1.165) is 16.8 Å². The van der Waals surface area contributed by atoms with Crippen molar-refractivity contribution in [2.24, 2.45) is 4.99 Å². The summed E-state index contributed by atoms with van der Waals surface area (Å²) in [6.45, 7) is 8.91. The average molecular weight is 561 g/mol. The molecule has 0 saturated heterocycles. The Morgan fingerprint density at radius 1 is 1.20 bits per heavy atom. The Kier molecular flexibility index (Phi) is 8.47. The number of aryl methyl sites for hydroxylation is 2. The van der Waals surface area contributed by atoms with Crippen LogP contribution in [0.25, 0.3) is 11.3 Å². The summed E-state index contributed by atoms with van der Waals surface area (Å²) in [6.07, 6.45) is 1.68. The van der Waals surface area contributed by atoms with Crippen molar-refractivity contribution in [3.8, 4) is 11.3 Å². The zero-order chi connectivity index (χ0) is 25.8. The fraction of sp³-hybridized carbons (Fsp3) is 0.280. The molecule has 0 saturated carbocycles. The number of benzene rings is 1. The molecule has 35 heavy (non-hydrogen) atoms. The number of nitrogens with one attached hydrogen (secondary N) is 1. The van der Waals surface area contributed by atoms with Crippen LogP contribution in [0, 0.1) is 13.8 Å². The molecule has 0 aliphatic heterocycles. The van der Waals surface area contributed by atoms with Crippen LogP contribution in [0.5, 0.6) is 0 Å². The maximum absolute atomic E-state index is 10.3. The number of amidine groups is 1. The average Bonchev–Trinajstić information content (AvgIpc) is 2.77. The van der Waals surface area contributed by atoms with Crippen LogP contribution in [0.2, 0.25) is 5.02 Å². The van der Waals surface area contributed by atoms with Gasteiger partial charge in [-0.3, -0.25) is 4.98 Å². The van der Waals surface area contributed by atoms with Gasteiger partial charge < -0.3 is 20.3 Å². The van der Waals surface area contributed by atoms with Crippen molar-refractivity contribution in [3.05, 3.63) is 80.9 Å². The molecule has 184 valence electrons. The smallest absolute Gasteiger partial charge is 0.266 e. The van der Waals surface area contributed by atoms with Crippen LogP contribution < -0.4 is 5.32 Å². The van der Waals surface area contributed by atoms with E-state index in [-0.39, 0.29) is 17.2 Å². The first-order valence-electron chi connectivity index (χ1n) is 10.8. The van der Waals surface area contributed by atoms with Gasteiger partial charge in [0.15, 0.2) is 5.82 Å². The molecular formula is C25H27BrClN5O3. The van der Waals surface area contributed by atoms with Gasteiger partial charge in [-0.05, 0) is 80.4 Å². The van der Waals surface area contributed by atoms with Gasteiger partial charge in [0.1, 0.15) is 18.0 Å². The fourth-order valence-electron chi connectivity index (χ4n) is 3.13. The number of hydrogen-bond donors (Lipinski definition) is 3. The van der Waals surface area contributed by atoms with Gasteiger partial charge in [0.05, 0.1) is 22.1 Å². The molecule has 10 heteroatoms. The summed E-state index contributed by atoms with van der Waals surface area (Å²) in [5, 5.41) is 23.9. The zero-order valence-corrected chi connectivity index (χ0v) is 22.4. The van der Waals surface area contributed by atoms with Crippen LogP contribution in [0.15, 0.2) is 58.1 Å². The van der Waals surface area contributed by atoms with E-state index in [4.69, 9.17) is 16.3 Å². The molecule has 0 fully saturated rings. The van der Waals surface area contributed by atoms with Gasteiger partial charge in [0.25, 0.3) is 5.88 Å². The highest BCUT2D eigenvalue weighted by atomic mass is 79.9. The van der Waals surface area contributed by atoms with Gasteiger partial charge in [-0.25, -0.2) is 9.97 Å². The lowest BCUT2D eigenvalue weighted by molar-refractivity contribution is 0.0688. The van der Waals surface area contributed by atoms with E-state index in [1.54, 1.807) is 33.0 Å². The number of pyridine rings is 1. The monoisotopic (exact) mass is 559 g/mol. The Morgan fingerprint density at radius 2 is 1.94 bits per heavy atom. The number of ether oxygens (including phenoxy) is 1. The number of nitrogens with zero attached hydrogens (tertiary/aromatic N) is 4. The molecule has 0 bridgehead atoms. The standard InChI is InChI=1S/C25H27BrClN5O3/c1-14-12-28-24(25(4,5)34)32-21(14)17-9-10-19(27)20(11-17)30-16(3)31-23(22(26)33)35-13-18-8-6-7-15(2)29-18/h6-12,33-34H,13H2,1-5H3,(H,30,31)/b23-22+. The molecule has 0 aliphatic rings. The Morgan fingerprint density at radius 3 is 2.60 bits per heavy atom. The molecule has 2 aromatic heterocycles. The molecule has 1 aromatic carbocycles. The maximum atomic E-state index is 10.3. The lowest BCUT2D eigenvalue weighted by Gasteiger charge is -2.17. The number of aliphatic imine (C=N–C) groups is 1. The lowest BCUT2D eigenvalue weighted by atomic mass is 10.0. The first-order chi connectivity index (χ1) is 16.4. The summed E-state index contributed by atoms with van der Waals surface area (Å²) in [7, 11) is 0. The number of halogens is 2. The number of aliphatic hydroxyl groups excluding tert-OH is 1. The molecular weight excluding hydrogens is 534 g/mol. The van der Waals surface area contributed by atoms with Crippen LogP contribution in [-0.4, -0.2) is 31.0 Å². The minimum atomic E-state index is -1.17. The van der Waals surface area contributed by atoms with Gasteiger partial charge in [0, 0.05) is 17.5 Å². The molecule has 0 aliphatic carbocycles. The second kappa shape index (κ2) is 11.2. The highest BCUT2D eigenvalue weighted by Gasteiger charge is 2.21. The van der Waals surface area contributed by atoms with Crippen molar-refractivity contribution in [1.29, 1.82) is 0 Å². The van der Waals surface area contributed by atoms with Gasteiger partial charge >= 0.3 is 0 Å². The number of rotatable bonds is 7. The minimum Gasteiger partial charge on any atom is -0.498 e. The molecule has 0 unspecified atom stereocenters. The minimum absolute atomic E-state index is 0.00736. The highest BCUT2D eigenvalue weighted by Crippen LogP contribution is 2.30. The Hall–Kier alpha value is -3.01. The van der Waals surface area contributed by atoms with E-state index in [9.17, 15) is 10.2 Å². The molecule has 0 amide bonds. The van der Waals surface area contributed by atoms with E-state index >= 15 is 0 Å². The predicted octanol–water partition coefficient (Wildman–Crippen LogP) is 6.16. The van der Waals surface area contributed by atoms with Crippen LogP contribution >= 0.6 is 27.5 Å². The summed E-state index contributed by atoms with van der Waals surface area (Å²) in [5.41, 5.74) is 3.30. The highest BCUT2D eigenvalue weighted by molar-refractivity contribution is 9.11. The molecule has 3 N–H and O–H groups in total. The quantitative estimate of drug-likeness (QED) is 0.180. The molecule has 0 atom stereocenters. The second-order valence-electron chi connectivity index (χ2n) is 8.46. The Balaban J connectivity index is 1.84. The van der Waals surface area contributed by atoms with Crippen molar-refractivity contribution < 1.29 is 14.9 Å². The fourth-order valence-corrected chi connectivity index (χ4v) is 3.50. The third kappa shape index (κ3) is 7.24. The van der Waals surface area contributed by atoms with Crippen molar-refractivity contribution in [3.63, 3.8) is 0 Å². The number of hydrogen-bond acceptors (Lipinski definition) is 7. The van der Waals surface area contributed by atoms with Gasteiger partial charge in [-0.2, -0.15) is 4.99 Å². The SMILES string of the molecule is C/C(=N/C(OCc1cccc(C)n1)=C(\O)Br)Nc1cc(-c2nc(C(C)(C)O)ncc2C)ccc1Cl. The van der Waals surface area contributed by atoms with Crippen LogP contribution in [0.3, 0.4) is 0 Å². The van der Waals surface area contributed by atoms with Gasteiger partial charge in [0.2, 0.25) is 4.67 Å². The number of anilines is 1. The molecule has 0 radical (unpaired) electrons. The molecule has 0 spiro atoms. The lowest BCUT2D eigenvalue weighted by Crippen LogP contribution is -2.20. The van der Waals surface area contributed by atoms with E-state index < -0.39 is 5.60 Å². The predicted molar refractivity (Wildman–Crippen MR) is 142 cm³/mol. The summed E-state index contributed by atoms with van der Waals surface area (Å²) in [5.74, 6) is 0.744. The third-order valence-electron chi connectivity index (χ3n) is 4.82. The number of aromatic nitrogens is 3. The van der Waals surface area contributed by atoms with Crippen LogP contribution in [0.4, 0.5) is 5.69 Å². The van der Waals surface area contributed by atoms with E-state index in [0.29, 0.717) is 33.8 Å². The summed E-state index contributed by atoms with van der Waals surface area (Å²) in [6, 6.07) is 11.0. The van der Waals surface area contributed by atoms with E-state index in [1.807, 2.05) is 44.2 Å². The van der Waals surface area contributed by atoms with Crippen LogP contribution in [-0.2, 0) is 16.9 Å². The topological polar surface area (TPSA) is 113 Å². The van der Waals surface area contributed by atoms with Gasteiger partial charge in [-0.15, -0.1) is 0 Å². The van der Waals surface area contributed by atoms with Crippen molar-refractivity contribution in [1.82, 2.24) is 15.0 Å². The molecule has 3 aromatic rings. The van der Waals surface area contributed by atoms with Crippen LogP contribution in [0.1, 0.15) is 43.5 Å². The largest absolute Gasteiger partial charge is 0.498 e. The van der Waals surface area contributed by atoms with Crippen molar-refractivity contribution >= 4 is 39.1 Å². The molecule has 2 heterocycles. The van der Waals surface area contributed by atoms with Crippen molar-refractivity contribution in [2.75, 3.05) is 5.32 Å². The summed E-state index contributed by atoms with van der Waals surface area (Å²) < 4.78 is 5.41. The second-order valence-corrected chi connectivity index (χ2v) is 9.61. The van der Waals surface area contributed by atoms with Gasteiger partial charge in [-0.1, -0.05) is 23.7 Å². The first kappa shape index (κ1) is 26.6. The first-order valence-corrected chi connectivity index (χ1v) is 11.9. The zero-order valence-electron chi connectivity index (χ0n) is 20.1. The van der Waals surface area contributed by atoms with E-state index in [1.165, 1.54) is 0 Å². The Labute approximate surface area is 217 Å². The third-order valence-corrected chi connectivity index (χ3v) is 5.49. The summed E-state index contributed by atoms with van der Waals surface area (Å²) in [4.78, 5) is 17.5. The molecule has 8 nitrogen and oxygen atoms in total. The molecule has 3 rings (SSSR count). The normalized spacial score (nSPS) is 12.9. The summed E-state index contributed by atoms with van der Waals surface area (Å²) >= 11 is 9.45. The maximum Gasteiger partial charge on any atom is 0.266 e. The van der Waals surface area contributed by atoms with E-state index in [2.05, 4.69) is 41.2 Å².